The van der Waals surface area contributed by atoms with E-state index in [2.05, 4.69) is 20.9 Å². The van der Waals surface area contributed by atoms with E-state index >= 15 is 0 Å². The molecule has 0 aliphatic rings. The molecule has 0 aliphatic heterocycles. The SMILES string of the molecule is O=C(O)c1c(F)c(Br)nc2ccc(Cl)cc12. The van der Waals surface area contributed by atoms with Gasteiger partial charge >= 0.3 is 5.97 Å². The number of fused-ring (bicyclic) bond motifs is 1. The number of aromatic carboxylic acids is 1. The molecule has 0 saturated carbocycles. The summed E-state index contributed by atoms with van der Waals surface area (Å²) < 4.78 is 13.5. The molecule has 0 spiro atoms. The summed E-state index contributed by atoms with van der Waals surface area (Å²) in [5.74, 6) is -2.25. The molecule has 6 heteroatoms. The molecule has 82 valence electrons. The van der Waals surface area contributed by atoms with Crippen molar-refractivity contribution >= 4 is 44.4 Å². The van der Waals surface area contributed by atoms with Gasteiger partial charge in [0.1, 0.15) is 10.2 Å². The van der Waals surface area contributed by atoms with Crippen LogP contribution in [0.15, 0.2) is 22.8 Å². The van der Waals surface area contributed by atoms with Crippen molar-refractivity contribution < 1.29 is 14.3 Å². The van der Waals surface area contributed by atoms with Crippen molar-refractivity contribution in [3.05, 3.63) is 39.2 Å². The van der Waals surface area contributed by atoms with Gasteiger partial charge in [-0.25, -0.2) is 14.2 Å². The Morgan fingerprint density at radius 2 is 2.19 bits per heavy atom. The quantitative estimate of drug-likeness (QED) is 0.821. The lowest BCUT2D eigenvalue weighted by atomic mass is 10.1. The Morgan fingerprint density at radius 1 is 1.50 bits per heavy atom. The average molecular weight is 305 g/mol. The van der Waals surface area contributed by atoms with Crippen LogP contribution in [-0.4, -0.2) is 16.1 Å². The van der Waals surface area contributed by atoms with E-state index in [0.29, 0.717) is 10.5 Å². The topological polar surface area (TPSA) is 50.2 Å². The molecule has 0 radical (unpaired) electrons. The molecule has 0 atom stereocenters. The molecule has 1 heterocycles. The van der Waals surface area contributed by atoms with Gasteiger partial charge < -0.3 is 5.11 Å². The molecule has 1 aromatic heterocycles. The Bertz CT molecular complexity index is 603. The predicted octanol–water partition coefficient (Wildman–Crippen LogP) is 3.49. The maximum atomic E-state index is 13.6. The van der Waals surface area contributed by atoms with Crippen LogP contribution in [0.3, 0.4) is 0 Å². The first kappa shape index (κ1) is 11.3. The highest BCUT2D eigenvalue weighted by Gasteiger charge is 2.19. The second-order valence-electron chi connectivity index (χ2n) is 3.06. The van der Waals surface area contributed by atoms with E-state index in [1.807, 2.05) is 0 Å². The standard InChI is InChI=1S/C10H4BrClFNO2/c11-9-8(13)7(10(15)16)5-3-4(12)1-2-6(5)14-9/h1-3H,(H,15,16). The monoisotopic (exact) mass is 303 g/mol. The smallest absolute Gasteiger partial charge is 0.339 e. The summed E-state index contributed by atoms with van der Waals surface area (Å²) in [5.41, 5.74) is -0.0607. The van der Waals surface area contributed by atoms with Crippen LogP contribution < -0.4 is 0 Å². The Kier molecular flexibility index (Phi) is 2.82. The predicted molar refractivity (Wildman–Crippen MR) is 61.4 cm³/mol. The van der Waals surface area contributed by atoms with Gasteiger partial charge in [-0.3, -0.25) is 0 Å². The second-order valence-corrected chi connectivity index (χ2v) is 4.25. The van der Waals surface area contributed by atoms with Gasteiger partial charge in [-0.15, -0.1) is 0 Å². The van der Waals surface area contributed by atoms with Gasteiger partial charge in [0, 0.05) is 10.4 Å². The second kappa shape index (κ2) is 3.99. The number of carboxylic acids is 1. The van der Waals surface area contributed by atoms with E-state index in [1.165, 1.54) is 12.1 Å². The summed E-state index contributed by atoms with van der Waals surface area (Å²) in [4.78, 5) is 14.8. The van der Waals surface area contributed by atoms with E-state index in [-0.39, 0.29) is 9.99 Å². The average Bonchev–Trinajstić information content (AvgIpc) is 2.20. The molecule has 1 aromatic carbocycles. The van der Waals surface area contributed by atoms with Crippen LogP contribution in [-0.2, 0) is 0 Å². The molecule has 0 saturated heterocycles. The zero-order valence-electron chi connectivity index (χ0n) is 7.67. The van der Waals surface area contributed by atoms with E-state index in [1.54, 1.807) is 6.07 Å². The molecule has 3 nitrogen and oxygen atoms in total. The fourth-order valence-electron chi connectivity index (χ4n) is 1.39. The van der Waals surface area contributed by atoms with Gasteiger partial charge in [0.25, 0.3) is 0 Å². The lowest BCUT2D eigenvalue weighted by Gasteiger charge is -2.05. The minimum Gasteiger partial charge on any atom is -0.478 e. The minimum atomic E-state index is -1.35. The van der Waals surface area contributed by atoms with Gasteiger partial charge in [-0.2, -0.15) is 0 Å². The zero-order valence-corrected chi connectivity index (χ0v) is 10.0. The van der Waals surface area contributed by atoms with Crippen molar-refractivity contribution in [3.8, 4) is 0 Å². The molecule has 16 heavy (non-hydrogen) atoms. The molecule has 2 rings (SSSR count). The lowest BCUT2D eigenvalue weighted by molar-refractivity contribution is 0.0694. The number of nitrogens with zero attached hydrogens (tertiary/aromatic N) is 1. The van der Waals surface area contributed by atoms with Crippen molar-refractivity contribution in [1.82, 2.24) is 4.98 Å². The van der Waals surface area contributed by atoms with Gasteiger partial charge in [-0.1, -0.05) is 11.6 Å². The Hall–Kier alpha value is -1.20. The molecule has 0 aliphatic carbocycles. The number of aromatic nitrogens is 1. The van der Waals surface area contributed by atoms with Crippen molar-refractivity contribution in [3.63, 3.8) is 0 Å². The lowest BCUT2D eigenvalue weighted by Crippen LogP contribution is -2.04. The molecular formula is C10H4BrClFNO2. The third kappa shape index (κ3) is 1.76. The summed E-state index contributed by atoms with van der Waals surface area (Å²) in [5, 5.41) is 9.46. The molecule has 0 fully saturated rings. The largest absolute Gasteiger partial charge is 0.478 e. The number of rotatable bonds is 1. The Balaban J connectivity index is 2.96. The highest BCUT2D eigenvalue weighted by molar-refractivity contribution is 9.10. The molecule has 0 bridgehead atoms. The molecule has 0 amide bonds. The number of hydrogen-bond acceptors (Lipinski definition) is 2. The molecule has 1 N–H and O–H groups in total. The summed E-state index contributed by atoms with van der Waals surface area (Å²) >= 11 is 8.60. The van der Waals surface area contributed by atoms with Crippen LogP contribution >= 0.6 is 27.5 Å². The van der Waals surface area contributed by atoms with Crippen LogP contribution in [0.2, 0.25) is 5.02 Å². The van der Waals surface area contributed by atoms with Gasteiger partial charge in [0.2, 0.25) is 0 Å². The molecule has 2 aromatic rings. The summed E-state index contributed by atoms with van der Waals surface area (Å²) in [6.07, 6.45) is 0. The van der Waals surface area contributed by atoms with E-state index in [4.69, 9.17) is 16.7 Å². The highest BCUT2D eigenvalue weighted by Crippen LogP contribution is 2.27. The fourth-order valence-corrected chi connectivity index (χ4v) is 1.95. The van der Waals surface area contributed by atoms with Gasteiger partial charge in [-0.05, 0) is 34.1 Å². The zero-order chi connectivity index (χ0) is 11.9. The normalized spacial score (nSPS) is 10.7. The summed E-state index contributed by atoms with van der Waals surface area (Å²) in [6.45, 7) is 0. The molecule has 0 unspecified atom stereocenters. The van der Waals surface area contributed by atoms with E-state index < -0.39 is 17.3 Å². The number of halogens is 3. The van der Waals surface area contributed by atoms with Crippen molar-refractivity contribution in [1.29, 1.82) is 0 Å². The number of carboxylic acid groups (broad SMARTS) is 1. The van der Waals surface area contributed by atoms with Crippen LogP contribution in [0.5, 0.6) is 0 Å². The number of carbonyl (C=O) groups is 1. The maximum absolute atomic E-state index is 13.6. The first-order valence-electron chi connectivity index (χ1n) is 4.18. The van der Waals surface area contributed by atoms with Crippen molar-refractivity contribution in [2.24, 2.45) is 0 Å². The number of hydrogen-bond donors (Lipinski definition) is 1. The first-order chi connectivity index (χ1) is 7.50. The fraction of sp³-hybridized carbons (Fsp3) is 0. The number of pyridine rings is 1. The van der Waals surface area contributed by atoms with E-state index in [0.717, 1.165) is 0 Å². The highest BCUT2D eigenvalue weighted by atomic mass is 79.9. The van der Waals surface area contributed by atoms with Gasteiger partial charge in [0.05, 0.1) is 5.52 Å². The summed E-state index contributed by atoms with van der Waals surface area (Å²) in [7, 11) is 0. The third-order valence-electron chi connectivity index (χ3n) is 2.06. The van der Waals surface area contributed by atoms with Gasteiger partial charge in [0.15, 0.2) is 5.82 Å². The Morgan fingerprint density at radius 3 is 2.81 bits per heavy atom. The van der Waals surface area contributed by atoms with Crippen LogP contribution in [0, 0.1) is 5.82 Å². The van der Waals surface area contributed by atoms with Crippen molar-refractivity contribution in [2.75, 3.05) is 0 Å². The van der Waals surface area contributed by atoms with E-state index in [9.17, 15) is 9.18 Å². The van der Waals surface area contributed by atoms with Crippen LogP contribution in [0.25, 0.3) is 10.9 Å². The molecular weight excluding hydrogens is 300 g/mol. The van der Waals surface area contributed by atoms with Crippen molar-refractivity contribution in [2.45, 2.75) is 0 Å². The summed E-state index contributed by atoms with van der Waals surface area (Å²) in [6, 6.07) is 4.48. The maximum Gasteiger partial charge on any atom is 0.339 e. The van der Waals surface area contributed by atoms with Crippen LogP contribution in [0.1, 0.15) is 10.4 Å². The number of benzene rings is 1. The third-order valence-corrected chi connectivity index (χ3v) is 2.82. The van der Waals surface area contributed by atoms with Crippen LogP contribution in [0.4, 0.5) is 4.39 Å². The Labute approximate surface area is 103 Å². The minimum absolute atomic E-state index is 0.125. The first-order valence-corrected chi connectivity index (χ1v) is 5.35.